The zero-order valence-electron chi connectivity index (χ0n) is 14.8. The van der Waals surface area contributed by atoms with Crippen LogP contribution in [0.5, 0.6) is 0 Å². The molecule has 1 heterocycles. The summed E-state index contributed by atoms with van der Waals surface area (Å²) in [7, 11) is 0. The predicted octanol–water partition coefficient (Wildman–Crippen LogP) is 2.02. The number of carbonyl (C=O) groups excluding carboxylic acids is 2. The van der Waals surface area contributed by atoms with Gasteiger partial charge in [0.25, 0.3) is 5.91 Å². The number of carbonyl (C=O) groups is 3. The van der Waals surface area contributed by atoms with Crippen LogP contribution in [0.3, 0.4) is 0 Å². The van der Waals surface area contributed by atoms with E-state index in [1.807, 2.05) is 11.8 Å². The number of hydrogen-bond acceptors (Lipinski definition) is 4. The van der Waals surface area contributed by atoms with Crippen molar-refractivity contribution in [3.63, 3.8) is 0 Å². The first-order chi connectivity index (χ1) is 11.9. The van der Waals surface area contributed by atoms with E-state index in [0.717, 1.165) is 19.3 Å². The average Bonchev–Trinajstić information content (AvgIpc) is 3.15. The fourth-order valence-electron chi connectivity index (χ4n) is 2.65. The first kappa shape index (κ1) is 21.1. The summed E-state index contributed by atoms with van der Waals surface area (Å²) in [5.74, 6) is -0.651. The number of thioether (sulfide) groups is 1. The highest BCUT2D eigenvalue weighted by molar-refractivity contribution is 7.98. The molecule has 4 N–H and O–H groups in total. The lowest BCUT2D eigenvalue weighted by Crippen LogP contribution is -2.60. The normalized spacial score (nSPS) is 15.4. The summed E-state index contributed by atoms with van der Waals surface area (Å²) in [6.07, 6.45) is 7.42. The molecule has 2 rings (SSSR count). The van der Waals surface area contributed by atoms with E-state index < -0.39 is 24.0 Å². The van der Waals surface area contributed by atoms with E-state index in [0.29, 0.717) is 18.5 Å². The summed E-state index contributed by atoms with van der Waals surface area (Å²) < 4.78 is 0. The van der Waals surface area contributed by atoms with Gasteiger partial charge >= 0.3 is 5.97 Å². The number of amides is 2. The van der Waals surface area contributed by atoms with Crippen molar-refractivity contribution in [2.24, 2.45) is 0 Å². The Morgan fingerprint density at radius 3 is 2.40 bits per heavy atom. The Labute approximate surface area is 152 Å². The highest BCUT2D eigenvalue weighted by Crippen LogP contribution is 2.28. The molecule has 0 aromatic carbocycles. The Balaban J connectivity index is 0.000000705. The van der Waals surface area contributed by atoms with E-state index in [1.54, 1.807) is 18.3 Å². The predicted molar refractivity (Wildman–Crippen MR) is 98.8 cm³/mol. The lowest BCUT2D eigenvalue weighted by Gasteiger charge is -2.36. The number of aliphatic carboxylic acids is 1. The van der Waals surface area contributed by atoms with Crippen molar-refractivity contribution < 1.29 is 19.5 Å². The van der Waals surface area contributed by atoms with Gasteiger partial charge in [0.1, 0.15) is 17.8 Å². The van der Waals surface area contributed by atoms with Crippen molar-refractivity contribution in [1.29, 1.82) is 0 Å². The minimum atomic E-state index is -1.11. The van der Waals surface area contributed by atoms with Gasteiger partial charge in [0.15, 0.2) is 0 Å². The summed E-state index contributed by atoms with van der Waals surface area (Å²) in [4.78, 5) is 37.9. The molecule has 1 fully saturated rings. The van der Waals surface area contributed by atoms with E-state index in [4.69, 9.17) is 5.11 Å². The van der Waals surface area contributed by atoms with Gasteiger partial charge < -0.3 is 20.7 Å². The molecule has 0 saturated heterocycles. The zero-order chi connectivity index (χ0) is 18.7. The second-order valence-corrected chi connectivity index (χ2v) is 6.99. The van der Waals surface area contributed by atoms with Crippen molar-refractivity contribution in [1.82, 2.24) is 15.6 Å². The lowest BCUT2D eigenvalue weighted by molar-refractivity contribution is -0.139. The van der Waals surface area contributed by atoms with Gasteiger partial charge in [0.05, 0.1) is 0 Å². The monoisotopic (exact) mass is 369 g/mol. The Kier molecular flexibility index (Phi) is 9.12. The summed E-state index contributed by atoms with van der Waals surface area (Å²) in [6.45, 7) is 1.70. The number of H-pyrrole nitrogens is 1. The number of nitrogens with one attached hydrogen (secondary N) is 3. The molecule has 1 aliphatic rings. The molecule has 1 saturated carbocycles. The van der Waals surface area contributed by atoms with Crippen LogP contribution in [-0.2, 0) is 9.59 Å². The summed E-state index contributed by atoms with van der Waals surface area (Å²) >= 11 is 1.86. The molecule has 8 heteroatoms. The highest BCUT2D eigenvalue weighted by atomic mass is 32.2. The van der Waals surface area contributed by atoms with Crippen LogP contribution in [0.1, 0.15) is 49.5 Å². The van der Waals surface area contributed by atoms with Gasteiger partial charge in [-0.25, -0.2) is 0 Å². The number of carboxylic acid groups (broad SMARTS) is 1. The third kappa shape index (κ3) is 6.81. The van der Waals surface area contributed by atoms with Crippen molar-refractivity contribution in [3.05, 3.63) is 24.0 Å². The fourth-order valence-corrected chi connectivity index (χ4v) is 2.65. The molecule has 140 valence electrons. The lowest BCUT2D eigenvalue weighted by atomic mass is 9.80. The molecular formula is C17H27N3O4S. The summed E-state index contributed by atoms with van der Waals surface area (Å²) in [6, 6.07) is 3.33. The summed E-state index contributed by atoms with van der Waals surface area (Å²) in [5, 5.41) is 13.8. The Morgan fingerprint density at radius 2 is 1.92 bits per heavy atom. The van der Waals surface area contributed by atoms with Crippen LogP contribution < -0.4 is 10.6 Å². The Morgan fingerprint density at radius 1 is 1.28 bits per heavy atom. The van der Waals surface area contributed by atoms with Crippen molar-refractivity contribution in [3.8, 4) is 0 Å². The molecule has 1 aliphatic carbocycles. The van der Waals surface area contributed by atoms with Gasteiger partial charge in [0.2, 0.25) is 5.91 Å². The van der Waals surface area contributed by atoms with Gasteiger partial charge in [0, 0.05) is 6.20 Å². The number of aromatic nitrogens is 1. The zero-order valence-corrected chi connectivity index (χ0v) is 15.6. The molecule has 2 amide bonds. The molecule has 0 bridgehead atoms. The maximum Gasteiger partial charge on any atom is 0.322 e. The minimum Gasteiger partial charge on any atom is -0.480 e. The molecule has 1 aromatic rings. The van der Waals surface area contributed by atoms with Gasteiger partial charge in [-0.15, -0.1) is 0 Å². The molecular weight excluding hydrogens is 342 g/mol. The van der Waals surface area contributed by atoms with E-state index in [-0.39, 0.29) is 5.91 Å². The van der Waals surface area contributed by atoms with E-state index in [2.05, 4.69) is 28.8 Å². The molecule has 0 radical (unpaired) electrons. The van der Waals surface area contributed by atoms with Crippen molar-refractivity contribution in [2.45, 2.75) is 44.6 Å². The maximum atomic E-state index is 12.3. The number of carboxylic acids is 1. The average molecular weight is 369 g/mol. The van der Waals surface area contributed by atoms with Gasteiger partial charge in [-0.3, -0.25) is 14.4 Å². The fraction of sp³-hybridized carbons (Fsp3) is 0.588. The van der Waals surface area contributed by atoms with E-state index >= 15 is 0 Å². The second kappa shape index (κ2) is 10.8. The second-order valence-electron chi connectivity index (χ2n) is 5.83. The first-order valence-electron chi connectivity index (χ1n) is 8.40. The van der Waals surface area contributed by atoms with Crippen LogP contribution >= 0.6 is 11.8 Å². The largest absolute Gasteiger partial charge is 0.480 e. The molecule has 7 nitrogen and oxygen atoms in total. The van der Waals surface area contributed by atoms with Gasteiger partial charge in [-0.2, -0.15) is 11.8 Å². The van der Waals surface area contributed by atoms with Gasteiger partial charge in [-0.05, 0) is 37.0 Å². The molecule has 0 aliphatic heterocycles. The van der Waals surface area contributed by atoms with Crippen LogP contribution in [0, 0.1) is 0 Å². The number of hydrogen-bond donors (Lipinski definition) is 4. The Hall–Kier alpha value is -1.96. The first-order valence-corrected chi connectivity index (χ1v) is 9.79. The molecule has 0 atom stereocenters. The Bertz CT molecular complexity index is 552. The molecule has 1 aromatic heterocycles. The molecule has 0 spiro atoms. The van der Waals surface area contributed by atoms with Crippen LogP contribution in [-0.4, -0.2) is 52.0 Å². The van der Waals surface area contributed by atoms with E-state index in [9.17, 15) is 14.4 Å². The highest BCUT2D eigenvalue weighted by Gasteiger charge is 2.41. The van der Waals surface area contributed by atoms with E-state index in [1.165, 1.54) is 5.75 Å². The standard InChI is InChI=1S/C14H19N3O4.C3H8S/c18-11(19)9-16-13(21)14(6-2-1-3-7-14)17-12(20)10-5-4-8-15-10;1-3-4-2/h4-5,8,15H,1-3,6-7,9H2,(H,16,21)(H,17,20)(H,18,19);3H2,1-2H3. The quantitative estimate of drug-likeness (QED) is 0.613. The molecule has 25 heavy (non-hydrogen) atoms. The maximum absolute atomic E-state index is 12.3. The molecule has 0 unspecified atom stereocenters. The van der Waals surface area contributed by atoms with Crippen LogP contribution in [0.4, 0.5) is 0 Å². The van der Waals surface area contributed by atoms with Crippen molar-refractivity contribution >= 4 is 29.5 Å². The smallest absolute Gasteiger partial charge is 0.322 e. The topological polar surface area (TPSA) is 111 Å². The number of rotatable bonds is 6. The van der Waals surface area contributed by atoms with Gasteiger partial charge in [-0.1, -0.05) is 26.2 Å². The number of aromatic amines is 1. The van der Waals surface area contributed by atoms with Crippen LogP contribution in [0.15, 0.2) is 18.3 Å². The van der Waals surface area contributed by atoms with Crippen molar-refractivity contribution in [2.75, 3.05) is 18.6 Å². The third-order valence-electron chi connectivity index (χ3n) is 4.03. The van der Waals surface area contributed by atoms with Crippen LogP contribution in [0.25, 0.3) is 0 Å². The summed E-state index contributed by atoms with van der Waals surface area (Å²) in [5.41, 5.74) is -0.637. The third-order valence-corrected chi connectivity index (χ3v) is 4.60. The SMILES string of the molecule is CCSC.O=C(O)CNC(=O)C1(NC(=O)c2ccc[nH]2)CCCCC1. The minimum absolute atomic E-state index is 0.354. The van der Waals surface area contributed by atoms with Crippen LogP contribution in [0.2, 0.25) is 0 Å².